The highest BCUT2D eigenvalue weighted by Gasteiger charge is 2.31. The summed E-state index contributed by atoms with van der Waals surface area (Å²) in [6, 6.07) is 5.39. The quantitative estimate of drug-likeness (QED) is 0.895. The molecule has 6 heteroatoms. The van der Waals surface area contributed by atoms with Crippen molar-refractivity contribution in [2.24, 2.45) is 5.73 Å². The first-order chi connectivity index (χ1) is 7.97. The number of para-hydroxylation sites is 1. The SMILES string of the molecule is CC(CN)N1CCS(=O)(=O)c2cccc(Br)c21. The molecule has 0 radical (unpaired) electrons. The van der Waals surface area contributed by atoms with Gasteiger partial charge in [-0.1, -0.05) is 6.07 Å². The highest BCUT2D eigenvalue weighted by molar-refractivity contribution is 9.10. The molecule has 1 aliphatic heterocycles. The molecule has 2 N–H and O–H groups in total. The molecule has 2 rings (SSSR count). The summed E-state index contributed by atoms with van der Waals surface area (Å²) in [6.07, 6.45) is 0. The van der Waals surface area contributed by atoms with Crippen molar-refractivity contribution in [1.82, 2.24) is 0 Å². The summed E-state index contributed by atoms with van der Waals surface area (Å²) in [5.41, 5.74) is 6.42. The highest BCUT2D eigenvalue weighted by atomic mass is 79.9. The molecule has 4 nitrogen and oxygen atoms in total. The molecule has 1 unspecified atom stereocenters. The molecule has 0 spiro atoms. The molecular weight excluding hydrogens is 304 g/mol. The van der Waals surface area contributed by atoms with Gasteiger partial charge < -0.3 is 10.6 Å². The van der Waals surface area contributed by atoms with E-state index in [-0.39, 0.29) is 11.8 Å². The van der Waals surface area contributed by atoms with Crippen LogP contribution in [0.25, 0.3) is 0 Å². The van der Waals surface area contributed by atoms with E-state index in [4.69, 9.17) is 5.73 Å². The van der Waals surface area contributed by atoms with Crippen molar-refractivity contribution in [2.75, 3.05) is 23.7 Å². The van der Waals surface area contributed by atoms with E-state index >= 15 is 0 Å². The normalized spacial score (nSPS) is 19.8. The monoisotopic (exact) mass is 318 g/mol. The number of hydrogen-bond acceptors (Lipinski definition) is 4. The second kappa shape index (κ2) is 4.59. The summed E-state index contributed by atoms with van der Waals surface area (Å²) < 4.78 is 24.8. The molecule has 0 fully saturated rings. The Labute approximate surface area is 110 Å². The van der Waals surface area contributed by atoms with Crippen molar-refractivity contribution in [3.05, 3.63) is 22.7 Å². The number of fused-ring (bicyclic) bond motifs is 1. The number of nitrogens with two attached hydrogens (primary N) is 1. The van der Waals surface area contributed by atoms with Crippen LogP contribution < -0.4 is 10.6 Å². The van der Waals surface area contributed by atoms with Crippen LogP contribution in [0.15, 0.2) is 27.6 Å². The van der Waals surface area contributed by atoms with E-state index in [9.17, 15) is 8.42 Å². The molecule has 0 amide bonds. The Balaban J connectivity index is 2.61. The molecule has 1 aliphatic rings. The van der Waals surface area contributed by atoms with Crippen LogP contribution >= 0.6 is 15.9 Å². The first kappa shape index (κ1) is 12.9. The maximum atomic E-state index is 12.0. The van der Waals surface area contributed by atoms with Crippen LogP contribution in [0.2, 0.25) is 0 Å². The smallest absolute Gasteiger partial charge is 0.182 e. The summed E-state index contributed by atoms with van der Waals surface area (Å²) in [5.74, 6) is 0.154. The van der Waals surface area contributed by atoms with E-state index in [0.29, 0.717) is 18.0 Å². The fourth-order valence-electron chi connectivity index (χ4n) is 2.03. The van der Waals surface area contributed by atoms with Gasteiger partial charge in [-0.3, -0.25) is 0 Å². The van der Waals surface area contributed by atoms with Crippen LogP contribution in [0.5, 0.6) is 0 Å². The fraction of sp³-hybridized carbons (Fsp3) is 0.455. The van der Waals surface area contributed by atoms with Crippen LogP contribution in [0.3, 0.4) is 0 Å². The zero-order chi connectivity index (χ0) is 12.6. The largest absolute Gasteiger partial charge is 0.365 e. The third-order valence-corrected chi connectivity index (χ3v) is 5.41. The number of benzene rings is 1. The third kappa shape index (κ3) is 2.21. The highest BCUT2D eigenvalue weighted by Crippen LogP contribution is 2.37. The Morgan fingerprint density at radius 1 is 1.53 bits per heavy atom. The van der Waals surface area contributed by atoms with Crippen molar-refractivity contribution in [3.63, 3.8) is 0 Å². The lowest BCUT2D eigenvalue weighted by molar-refractivity contribution is 0.579. The third-order valence-electron chi connectivity index (χ3n) is 3.05. The minimum Gasteiger partial charge on any atom is -0.365 e. The lowest BCUT2D eigenvalue weighted by Gasteiger charge is -2.36. The van der Waals surface area contributed by atoms with Crippen LogP contribution in [0.1, 0.15) is 6.92 Å². The molecule has 1 aromatic carbocycles. The first-order valence-corrected chi connectivity index (χ1v) is 7.90. The number of anilines is 1. The van der Waals surface area contributed by atoms with Gasteiger partial charge in [0.2, 0.25) is 0 Å². The van der Waals surface area contributed by atoms with Gasteiger partial charge in [-0.05, 0) is 35.0 Å². The van der Waals surface area contributed by atoms with Gasteiger partial charge >= 0.3 is 0 Å². The molecule has 0 bridgehead atoms. The van der Waals surface area contributed by atoms with Crippen LogP contribution in [-0.4, -0.2) is 33.3 Å². The number of halogens is 1. The van der Waals surface area contributed by atoms with E-state index in [2.05, 4.69) is 20.8 Å². The number of nitrogens with zero attached hydrogens (tertiary/aromatic N) is 1. The molecule has 1 aromatic rings. The molecule has 0 saturated carbocycles. The first-order valence-electron chi connectivity index (χ1n) is 5.45. The zero-order valence-corrected chi connectivity index (χ0v) is 12.0. The van der Waals surface area contributed by atoms with Gasteiger partial charge in [0.05, 0.1) is 16.3 Å². The van der Waals surface area contributed by atoms with Crippen LogP contribution in [0.4, 0.5) is 5.69 Å². The fourth-order valence-corrected chi connectivity index (χ4v) is 4.22. The molecule has 1 atom stereocenters. The molecule has 0 aromatic heterocycles. The lowest BCUT2D eigenvalue weighted by Crippen LogP contribution is -2.44. The van der Waals surface area contributed by atoms with Gasteiger partial charge in [-0.15, -0.1) is 0 Å². The molecule has 17 heavy (non-hydrogen) atoms. The van der Waals surface area contributed by atoms with E-state index in [1.807, 2.05) is 13.0 Å². The van der Waals surface area contributed by atoms with E-state index in [1.165, 1.54) is 0 Å². The van der Waals surface area contributed by atoms with E-state index in [1.54, 1.807) is 12.1 Å². The van der Waals surface area contributed by atoms with Gasteiger partial charge in [0.25, 0.3) is 0 Å². The number of rotatable bonds is 2. The van der Waals surface area contributed by atoms with Gasteiger partial charge in [0.15, 0.2) is 9.84 Å². The van der Waals surface area contributed by atoms with Gasteiger partial charge in [0, 0.05) is 23.6 Å². The van der Waals surface area contributed by atoms with Crippen molar-refractivity contribution in [1.29, 1.82) is 0 Å². The Morgan fingerprint density at radius 3 is 2.88 bits per heavy atom. The summed E-state index contributed by atoms with van der Waals surface area (Å²) in [5, 5.41) is 0. The number of sulfone groups is 1. The predicted molar refractivity (Wildman–Crippen MR) is 72.1 cm³/mol. The summed E-state index contributed by atoms with van der Waals surface area (Å²) >= 11 is 3.42. The Morgan fingerprint density at radius 2 is 2.24 bits per heavy atom. The van der Waals surface area contributed by atoms with Crippen molar-refractivity contribution in [3.8, 4) is 0 Å². The van der Waals surface area contributed by atoms with Crippen molar-refractivity contribution in [2.45, 2.75) is 17.9 Å². The maximum Gasteiger partial charge on any atom is 0.182 e. The predicted octanol–water partition coefficient (Wildman–Crippen LogP) is 1.39. The zero-order valence-electron chi connectivity index (χ0n) is 9.56. The summed E-state index contributed by atoms with van der Waals surface area (Å²) in [7, 11) is -3.15. The Kier molecular flexibility index (Phi) is 3.47. The second-order valence-electron chi connectivity index (χ2n) is 4.18. The van der Waals surface area contributed by atoms with E-state index < -0.39 is 9.84 Å². The van der Waals surface area contributed by atoms with Crippen molar-refractivity contribution < 1.29 is 8.42 Å². The number of hydrogen-bond donors (Lipinski definition) is 1. The van der Waals surface area contributed by atoms with Gasteiger partial charge in [-0.25, -0.2) is 8.42 Å². The molecule has 0 aliphatic carbocycles. The van der Waals surface area contributed by atoms with Crippen LogP contribution in [-0.2, 0) is 9.84 Å². The van der Waals surface area contributed by atoms with Crippen LogP contribution in [0, 0.1) is 0 Å². The molecule has 94 valence electrons. The van der Waals surface area contributed by atoms with E-state index in [0.717, 1.165) is 10.2 Å². The van der Waals surface area contributed by atoms with Crippen molar-refractivity contribution >= 4 is 31.5 Å². The molecule has 0 saturated heterocycles. The molecule has 1 heterocycles. The minimum atomic E-state index is -3.15. The standard InChI is InChI=1S/C11H15BrN2O2S/c1-8(7-13)14-5-6-17(15,16)10-4-2-3-9(12)11(10)14/h2-4,8H,5-7,13H2,1H3. The average Bonchev–Trinajstić information content (AvgIpc) is 2.29. The topological polar surface area (TPSA) is 63.4 Å². The lowest BCUT2D eigenvalue weighted by atomic mass is 10.2. The maximum absolute atomic E-state index is 12.0. The Bertz CT molecular complexity index is 530. The summed E-state index contributed by atoms with van der Waals surface area (Å²) in [6.45, 7) is 3.00. The van der Waals surface area contributed by atoms with Gasteiger partial charge in [-0.2, -0.15) is 0 Å². The Hall–Kier alpha value is -0.590. The van der Waals surface area contributed by atoms with Gasteiger partial charge in [0.1, 0.15) is 0 Å². The second-order valence-corrected chi connectivity index (χ2v) is 7.12. The summed E-state index contributed by atoms with van der Waals surface area (Å²) in [4.78, 5) is 2.46. The minimum absolute atomic E-state index is 0.128. The average molecular weight is 319 g/mol. The molecular formula is C11H15BrN2O2S.